The van der Waals surface area contributed by atoms with Gasteiger partial charge in [0.2, 0.25) is 0 Å². The summed E-state index contributed by atoms with van der Waals surface area (Å²) in [6, 6.07) is 1.98. The summed E-state index contributed by atoms with van der Waals surface area (Å²) < 4.78 is 60.0. The van der Waals surface area contributed by atoms with Gasteiger partial charge in [0.05, 0.1) is 0 Å². The highest BCUT2D eigenvalue weighted by molar-refractivity contribution is 7.87. The number of ether oxygens (including phenoxy) is 3. The normalized spacial score (nSPS) is 16.3. The van der Waals surface area contributed by atoms with Gasteiger partial charge in [-0.2, -0.15) is 12.7 Å². The molecule has 1 saturated heterocycles. The molecule has 14 nitrogen and oxygen atoms in total. The van der Waals surface area contributed by atoms with Crippen LogP contribution in [0.2, 0.25) is 5.02 Å². The molecule has 1 fully saturated rings. The molecule has 1 unspecified atom stereocenters. The van der Waals surface area contributed by atoms with Crippen LogP contribution in [0.25, 0.3) is 0 Å². The second-order valence-electron chi connectivity index (χ2n) is 12.0. The Kier molecular flexibility index (Phi) is 13.1. The van der Waals surface area contributed by atoms with Gasteiger partial charge in [-0.05, 0) is 71.2 Å². The number of aldehydes is 1. The summed E-state index contributed by atoms with van der Waals surface area (Å²) >= 11 is 6.44. The molecular formula is C30H44ClFN6O8S. The molecule has 2 N–H and O–H groups in total. The van der Waals surface area contributed by atoms with Crippen molar-refractivity contribution in [3.8, 4) is 0 Å². The van der Waals surface area contributed by atoms with Crippen LogP contribution in [-0.2, 0) is 35.6 Å². The number of hydrogen-bond donors (Lipinski definition) is 2. The number of amides is 2. The Morgan fingerprint density at radius 1 is 1.21 bits per heavy atom. The number of nitrogens with zero attached hydrogens (tertiary/aromatic N) is 4. The number of carbonyl (C=O) groups is 3. The van der Waals surface area contributed by atoms with Crippen molar-refractivity contribution in [2.75, 3.05) is 45.3 Å². The summed E-state index contributed by atoms with van der Waals surface area (Å²) in [6.07, 6.45) is -0.412. The number of halogens is 2. The first kappa shape index (κ1) is 38.1. The lowest BCUT2D eigenvalue weighted by Gasteiger charge is -2.35. The highest BCUT2D eigenvalue weighted by atomic mass is 35.5. The number of benzene rings is 1. The Balaban J connectivity index is 2.20. The number of carbonyl (C=O) groups excluding carboxylic acids is 3. The molecule has 1 aliphatic heterocycles. The number of anilines is 1. The molecule has 2 heterocycles. The van der Waals surface area contributed by atoms with Crippen LogP contribution in [0.3, 0.4) is 0 Å². The summed E-state index contributed by atoms with van der Waals surface area (Å²) in [5.74, 6) is -1.47. The minimum Gasteiger partial charge on any atom is -0.444 e. The van der Waals surface area contributed by atoms with Gasteiger partial charge in [-0.3, -0.25) is 4.79 Å². The molecule has 262 valence electrons. The van der Waals surface area contributed by atoms with E-state index in [4.69, 9.17) is 25.8 Å². The first-order valence-electron chi connectivity index (χ1n) is 15.2. The Hall–Kier alpha value is -3.31. The molecule has 1 aromatic carbocycles. The van der Waals surface area contributed by atoms with Crippen LogP contribution in [0.1, 0.15) is 69.1 Å². The zero-order valence-electron chi connectivity index (χ0n) is 27.7. The average molecular weight is 703 g/mol. The van der Waals surface area contributed by atoms with E-state index >= 15 is 0 Å². The lowest BCUT2D eigenvalue weighted by atomic mass is 10.0. The minimum atomic E-state index is -4.36. The summed E-state index contributed by atoms with van der Waals surface area (Å²) in [5.41, 5.74) is -0.712. The molecule has 0 radical (unpaired) electrons. The number of hydrogen-bond acceptors (Lipinski definition) is 10. The van der Waals surface area contributed by atoms with Crippen molar-refractivity contribution in [3.05, 3.63) is 45.9 Å². The monoisotopic (exact) mass is 702 g/mol. The van der Waals surface area contributed by atoms with Gasteiger partial charge >= 0.3 is 16.3 Å². The maximum Gasteiger partial charge on any atom is 0.407 e. The SMILES string of the molecule is CCOC(OCC)C(C=O)NC(=O)c1nn(S(=O)(=O)N(C)C)c(N2CCC[C@@H](NC(=O)OC(C)(C)C)C2)c1Cc1cc(F)ccc1Cl. The third-order valence-corrected chi connectivity index (χ3v) is 9.02. The van der Waals surface area contributed by atoms with E-state index in [0.717, 1.165) is 8.39 Å². The van der Waals surface area contributed by atoms with E-state index < -0.39 is 52.0 Å². The third-order valence-electron chi connectivity index (χ3n) is 7.04. The van der Waals surface area contributed by atoms with Gasteiger partial charge in [-0.25, -0.2) is 9.18 Å². The van der Waals surface area contributed by atoms with Crippen LogP contribution in [0.15, 0.2) is 18.2 Å². The molecule has 3 rings (SSSR count). The third kappa shape index (κ3) is 9.85. The Morgan fingerprint density at radius 2 is 1.87 bits per heavy atom. The summed E-state index contributed by atoms with van der Waals surface area (Å²) in [7, 11) is -1.74. The number of aromatic nitrogens is 2. The largest absolute Gasteiger partial charge is 0.444 e. The maximum atomic E-state index is 14.4. The van der Waals surface area contributed by atoms with Crippen LogP contribution in [0.5, 0.6) is 0 Å². The predicted octanol–water partition coefficient (Wildman–Crippen LogP) is 3.11. The van der Waals surface area contributed by atoms with Crippen molar-refractivity contribution in [2.45, 2.75) is 77.9 Å². The van der Waals surface area contributed by atoms with Crippen LogP contribution in [-0.4, -0.2) is 105 Å². The standard InChI is InChI=1S/C30H44ClFN6O8S/c1-8-44-28(45-9-2)24(18-39)34-26(40)25-22(16-19-15-20(32)12-13-23(19)31)27(38(35-25)47(42,43)36(6)7)37-14-10-11-21(17-37)33-29(41)46-30(3,4)5/h12-13,15,18,21,24,28H,8-11,14,16-17H2,1-7H3,(H,33,41)(H,34,40)/t21-,24?/m1/s1. The fourth-order valence-corrected chi connectivity index (χ4v) is 6.12. The molecule has 17 heteroatoms. The number of nitrogens with one attached hydrogen (secondary N) is 2. The topological polar surface area (TPSA) is 161 Å². The molecule has 0 saturated carbocycles. The van der Waals surface area contributed by atoms with Crippen molar-refractivity contribution >= 4 is 45.9 Å². The quantitative estimate of drug-likeness (QED) is 0.221. The van der Waals surface area contributed by atoms with Crippen LogP contribution >= 0.6 is 11.6 Å². The number of rotatable bonds is 14. The van der Waals surface area contributed by atoms with E-state index in [0.29, 0.717) is 25.7 Å². The smallest absolute Gasteiger partial charge is 0.407 e. The van der Waals surface area contributed by atoms with Gasteiger partial charge in [0.1, 0.15) is 29.6 Å². The van der Waals surface area contributed by atoms with Crippen molar-refractivity contribution in [2.24, 2.45) is 0 Å². The Morgan fingerprint density at radius 3 is 2.45 bits per heavy atom. The lowest BCUT2D eigenvalue weighted by molar-refractivity contribution is -0.156. The van der Waals surface area contributed by atoms with Gasteiger partial charge in [-0.1, -0.05) is 11.6 Å². The lowest BCUT2D eigenvalue weighted by Crippen LogP contribution is -2.50. The molecule has 47 heavy (non-hydrogen) atoms. The number of alkyl carbamates (subject to hydrolysis) is 1. The van der Waals surface area contributed by atoms with E-state index in [1.54, 1.807) is 39.5 Å². The van der Waals surface area contributed by atoms with E-state index in [-0.39, 0.29) is 53.8 Å². The van der Waals surface area contributed by atoms with Gasteiger partial charge in [-0.15, -0.1) is 9.19 Å². The second-order valence-corrected chi connectivity index (χ2v) is 14.4. The Bertz CT molecular complexity index is 1520. The van der Waals surface area contributed by atoms with Crippen LogP contribution in [0, 0.1) is 5.82 Å². The van der Waals surface area contributed by atoms with Crippen molar-refractivity contribution in [1.29, 1.82) is 0 Å². The molecule has 2 amide bonds. The second kappa shape index (κ2) is 16.2. The van der Waals surface area contributed by atoms with Gasteiger partial charge < -0.3 is 34.5 Å². The summed E-state index contributed by atoms with van der Waals surface area (Å²) in [5, 5.41) is 9.84. The van der Waals surface area contributed by atoms with Crippen molar-refractivity contribution in [1.82, 2.24) is 24.1 Å². The van der Waals surface area contributed by atoms with E-state index in [1.807, 2.05) is 0 Å². The average Bonchev–Trinajstić information content (AvgIpc) is 3.36. The fraction of sp³-hybridized carbons (Fsp3) is 0.600. The molecule has 0 spiro atoms. The summed E-state index contributed by atoms with van der Waals surface area (Å²) in [6.45, 7) is 9.43. The number of piperidine rings is 1. The van der Waals surface area contributed by atoms with Crippen molar-refractivity contribution < 1.29 is 41.4 Å². The molecule has 0 aliphatic carbocycles. The molecule has 1 aliphatic rings. The highest BCUT2D eigenvalue weighted by Crippen LogP contribution is 2.33. The molecule has 2 aromatic rings. The zero-order chi connectivity index (χ0) is 35.1. The van der Waals surface area contributed by atoms with Crippen molar-refractivity contribution in [3.63, 3.8) is 0 Å². The van der Waals surface area contributed by atoms with Gasteiger partial charge in [0.15, 0.2) is 12.0 Å². The predicted molar refractivity (Wildman–Crippen MR) is 173 cm³/mol. The van der Waals surface area contributed by atoms with E-state index in [9.17, 15) is 27.2 Å². The highest BCUT2D eigenvalue weighted by Gasteiger charge is 2.37. The molecule has 0 bridgehead atoms. The van der Waals surface area contributed by atoms with E-state index in [1.165, 1.54) is 32.3 Å². The van der Waals surface area contributed by atoms with Crippen LogP contribution < -0.4 is 15.5 Å². The maximum absolute atomic E-state index is 14.4. The summed E-state index contributed by atoms with van der Waals surface area (Å²) in [4.78, 5) is 40.3. The van der Waals surface area contributed by atoms with Gasteiger partial charge in [0.25, 0.3) is 5.91 Å². The first-order chi connectivity index (χ1) is 22.0. The molecular weight excluding hydrogens is 659 g/mol. The zero-order valence-corrected chi connectivity index (χ0v) is 29.3. The molecule has 2 atom stereocenters. The first-order valence-corrected chi connectivity index (χ1v) is 17.0. The van der Waals surface area contributed by atoms with Crippen LogP contribution in [0.4, 0.5) is 15.0 Å². The Labute approximate surface area is 280 Å². The molecule has 1 aromatic heterocycles. The van der Waals surface area contributed by atoms with Gasteiger partial charge in [0, 0.05) is 63.4 Å². The minimum absolute atomic E-state index is 0.0219. The fourth-order valence-electron chi connectivity index (χ4n) is 4.99. The van der Waals surface area contributed by atoms with E-state index in [2.05, 4.69) is 15.7 Å².